The molecule has 0 radical (unpaired) electrons. The van der Waals surface area contributed by atoms with Gasteiger partial charge in [-0.25, -0.2) is 5.90 Å². The molecule has 2 nitrogen and oxygen atoms in total. The Kier molecular flexibility index (Phi) is 2.31. The molecular weight excluding hydrogens is 241 g/mol. The van der Waals surface area contributed by atoms with Crippen molar-refractivity contribution in [2.24, 2.45) is 5.90 Å². The number of nitrogens with two attached hydrogens (primary N) is 1. The molecule has 88 valence electrons. The van der Waals surface area contributed by atoms with Crippen LogP contribution >= 0.6 is 10.2 Å². The van der Waals surface area contributed by atoms with Crippen LogP contribution in [0.5, 0.6) is 0 Å². The lowest BCUT2D eigenvalue weighted by Crippen LogP contribution is -2.06. The van der Waals surface area contributed by atoms with E-state index < -0.39 is 15.1 Å². The smallest absolute Gasteiger partial charge is 0.300 e. The summed E-state index contributed by atoms with van der Waals surface area (Å²) in [5.41, 5.74) is 0.281. The minimum Gasteiger partial charge on any atom is -0.300 e. The minimum atomic E-state index is -9.55. The van der Waals surface area contributed by atoms with Crippen molar-refractivity contribution in [3.05, 3.63) is 29.8 Å². The predicted octanol–water partition coefficient (Wildman–Crippen LogP) is 3.73. The van der Waals surface area contributed by atoms with Gasteiger partial charge in [-0.1, -0.05) is 31.6 Å². The number of hydrogen-bond donors (Lipinski definition) is 1. The van der Waals surface area contributed by atoms with Crippen LogP contribution in [0.3, 0.4) is 0 Å². The molecule has 1 aromatic rings. The lowest BCUT2D eigenvalue weighted by Gasteiger charge is -2.40. The second kappa shape index (κ2) is 2.83. The van der Waals surface area contributed by atoms with Gasteiger partial charge in [0.25, 0.3) is 0 Å². The van der Waals surface area contributed by atoms with Gasteiger partial charge in [0.1, 0.15) is 4.90 Å². The molecule has 0 aromatic heterocycles. The monoisotopic (exact) mass is 249 g/mol. The van der Waals surface area contributed by atoms with Crippen molar-refractivity contribution >= 4 is 10.2 Å². The quantitative estimate of drug-likeness (QED) is 0.654. The molecule has 0 aliphatic heterocycles. The predicted molar refractivity (Wildman–Crippen MR) is 46.8 cm³/mol. The van der Waals surface area contributed by atoms with E-state index in [2.05, 4.69) is 10.7 Å². The lowest BCUT2D eigenvalue weighted by molar-refractivity contribution is 0.124. The summed E-state index contributed by atoms with van der Waals surface area (Å²) in [6, 6.07) is 2.41. The molecular formula is C7H8F5NOS. The molecule has 0 atom stereocenters. The van der Waals surface area contributed by atoms with Gasteiger partial charge < -0.3 is 0 Å². The molecule has 0 saturated carbocycles. The highest BCUT2D eigenvalue weighted by atomic mass is 32.5. The molecule has 0 unspecified atom stereocenters. The summed E-state index contributed by atoms with van der Waals surface area (Å²) in [5.74, 6) is 4.67. The summed E-state index contributed by atoms with van der Waals surface area (Å²) in [4.78, 5) is 2.22. The zero-order valence-corrected chi connectivity index (χ0v) is 8.12. The Labute approximate surface area is 82.5 Å². The summed E-state index contributed by atoms with van der Waals surface area (Å²) in [7, 11) is -9.55. The van der Waals surface area contributed by atoms with Crippen molar-refractivity contribution in [3.8, 4) is 0 Å². The first kappa shape index (κ1) is 12.2. The van der Waals surface area contributed by atoms with Crippen LogP contribution in [0, 0.1) is 0 Å². The molecule has 2 N–H and O–H groups in total. The topological polar surface area (TPSA) is 35.2 Å². The molecule has 0 spiro atoms. The van der Waals surface area contributed by atoms with Crippen molar-refractivity contribution in [2.75, 3.05) is 0 Å². The van der Waals surface area contributed by atoms with Gasteiger partial charge in [0.05, 0.1) is 6.61 Å². The Morgan fingerprint density at radius 1 is 1.00 bits per heavy atom. The molecule has 15 heavy (non-hydrogen) atoms. The number of hydrogen-bond acceptors (Lipinski definition) is 2. The molecule has 8 heteroatoms. The van der Waals surface area contributed by atoms with Crippen molar-refractivity contribution in [1.29, 1.82) is 0 Å². The third-order valence-electron chi connectivity index (χ3n) is 1.62. The molecule has 0 aliphatic rings. The van der Waals surface area contributed by atoms with Crippen LogP contribution in [0.1, 0.15) is 5.56 Å². The van der Waals surface area contributed by atoms with E-state index in [0.717, 1.165) is 12.1 Å². The van der Waals surface area contributed by atoms with E-state index >= 15 is 0 Å². The van der Waals surface area contributed by atoms with Gasteiger partial charge in [-0.2, -0.15) is 0 Å². The largest absolute Gasteiger partial charge is 0.310 e. The Morgan fingerprint density at radius 2 is 1.47 bits per heavy atom. The molecule has 0 aliphatic carbocycles. The standard InChI is InChI=1S/C7H8F5NOS/c8-15(9,10,11,12)7-3-1-6(2-4-7)5-14-13/h1-4H,5,13H2. The second-order valence-corrected chi connectivity index (χ2v) is 5.33. The van der Waals surface area contributed by atoms with E-state index in [4.69, 9.17) is 0 Å². The maximum Gasteiger partial charge on any atom is 0.310 e. The van der Waals surface area contributed by atoms with Crippen LogP contribution in [-0.4, -0.2) is 0 Å². The Hall–Kier alpha value is -0.860. The fraction of sp³-hybridized carbons (Fsp3) is 0.143. The van der Waals surface area contributed by atoms with Crippen LogP contribution in [0.2, 0.25) is 0 Å². The van der Waals surface area contributed by atoms with Gasteiger partial charge in [-0.3, -0.25) is 4.84 Å². The molecule has 0 amide bonds. The van der Waals surface area contributed by atoms with Gasteiger partial charge in [0.2, 0.25) is 0 Å². The Bertz CT molecular complexity index is 358. The van der Waals surface area contributed by atoms with Crippen LogP contribution in [0.25, 0.3) is 0 Å². The molecule has 1 rings (SSSR count). The van der Waals surface area contributed by atoms with Gasteiger partial charge in [0, 0.05) is 0 Å². The minimum absolute atomic E-state index is 0.138. The zero-order valence-electron chi connectivity index (χ0n) is 7.30. The summed E-state index contributed by atoms with van der Waals surface area (Å²) < 4.78 is 61.0. The second-order valence-electron chi connectivity index (χ2n) is 2.92. The van der Waals surface area contributed by atoms with Crippen molar-refractivity contribution in [1.82, 2.24) is 0 Å². The molecule has 0 heterocycles. The highest BCUT2D eigenvalue weighted by Gasteiger charge is 2.65. The normalized spacial score (nSPS) is 16.9. The summed E-state index contributed by atoms with van der Waals surface area (Å²) in [6.45, 7) is -0.138. The fourth-order valence-electron chi connectivity index (χ4n) is 0.939. The first-order valence-electron chi connectivity index (χ1n) is 3.67. The van der Waals surface area contributed by atoms with E-state index in [1.807, 2.05) is 0 Å². The third-order valence-corrected chi connectivity index (χ3v) is 2.78. The van der Waals surface area contributed by atoms with Crippen molar-refractivity contribution in [3.63, 3.8) is 0 Å². The lowest BCUT2D eigenvalue weighted by atomic mass is 10.2. The average molecular weight is 249 g/mol. The molecule has 0 saturated heterocycles. The fourth-order valence-corrected chi connectivity index (χ4v) is 1.59. The first-order valence-corrected chi connectivity index (χ1v) is 5.63. The Morgan fingerprint density at radius 3 is 1.80 bits per heavy atom. The summed E-state index contributed by atoms with van der Waals surface area (Å²) in [5, 5.41) is 0. The first-order chi connectivity index (χ1) is 6.53. The summed E-state index contributed by atoms with van der Waals surface area (Å²) >= 11 is 0. The maximum absolute atomic E-state index is 12.2. The average Bonchev–Trinajstić information content (AvgIpc) is 2.01. The maximum atomic E-state index is 12.2. The van der Waals surface area contributed by atoms with E-state index in [1.165, 1.54) is 0 Å². The van der Waals surface area contributed by atoms with Crippen LogP contribution in [0.15, 0.2) is 29.2 Å². The summed E-state index contributed by atoms with van der Waals surface area (Å²) in [6.07, 6.45) is 0. The van der Waals surface area contributed by atoms with Crippen molar-refractivity contribution < 1.29 is 24.3 Å². The van der Waals surface area contributed by atoms with Gasteiger partial charge >= 0.3 is 10.2 Å². The van der Waals surface area contributed by atoms with Crippen LogP contribution in [0.4, 0.5) is 19.4 Å². The van der Waals surface area contributed by atoms with Crippen molar-refractivity contribution in [2.45, 2.75) is 11.5 Å². The third kappa shape index (κ3) is 3.33. The number of rotatable bonds is 3. The van der Waals surface area contributed by atoms with E-state index in [-0.39, 0.29) is 12.2 Å². The number of halogens is 5. The Balaban J connectivity index is 3.11. The SMILES string of the molecule is NOCc1ccc(S(F)(F)(F)(F)F)cc1. The molecule has 0 fully saturated rings. The van der Waals surface area contributed by atoms with E-state index in [0.29, 0.717) is 12.1 Å². The van der Waals surface area contributed by atoms with E-state index in [9.17, 15) is 19.4 Å². The molecule has 0 bridgehead atoms. The van der Waals surface area contributed by atoms with Gasteiger partial charge in [-0.15, -0.1) is 0 Å². The highest BCUT2D eigenvalue weighted by Crippen LogP contribution is 3.02. The molecule has 1 aromatic carbocycles. The van der Waals surface area contributed by atoms with E-state index in [1.54, 1.807) is 0 Å². The van der Waals surface area contributed by atoms with Gasteiger partial charge in [0.15, 0.2) is 0 Å². The van der Waals surface area contributed by atoms with Gasteiger partial charge in [-0.05, 0) is 17.7 Å². The van der Waals surface area contributed by atoms with Crippen LogP contribution < -0.4 is 5.90 Å². The highest BCUT2D eigenvalue weighted by molar-refractivity contribution is 8.45. The van der Waals surface area contributed by atoms with Crippen LogP contribution in [-0.2, 0) is 11.4 Å². The number of benzene rings is 1. The zero-order chi connectivity index (χ0) is 11.8.